The van der Waals surface area contributed by atoms with E-state index in [0.717, 1.165) is 42.8 Å². The number of nitrogens with one attached hydrogen (secondary N) is 2. The minimum absolute atomic E-state index is 0.0424. The number of aromatic nitrogens is 2. The number of pyridine rings is 1. The van der Waals surface area contributed by atoms with Crippen LogP contribution in [0.15, 0.2) is 35.7 Å². The molecule has 8 rings (SSSR count). The maximum atomic E-state index is 14.2. The fraction of sp³-hybridized carbons (Fsp3) is 0.541. The Hall–Kier alpha value is -3.95. The number of nitrogens with zero attached hydrogens (tertiary/aromatic N) is 4. The van der Waals surface area contributed by atoms with Crippen molar-refractivity contribution in [3.8, 4) is 22.2 Å². The van der Waals surface area contributed by atoms with Gasteiger partial charge in [-0.1, -0.05) is 30.2 Å². The predicted molar refractivity (Wildman–Crippen MR) is 201 cm³/mol. The molecule has 282 valence electrons. The summed E-state index contributed by atoms with van der Waals surface area (Å²) in [5.74, 6) is 0.0193. The van der Waals surface area contributed by atoms with Crippen LogP contribution < -0.4 is 19.5 Å². The van der Waals surface area contributed by atoms with Gasteiger partial charge >= 0.3 is 6.03 Å². The van der Waals surface area contributed by atoms with Gasteiger partial charge in [0.1, 0.15) is 44.9 Å². The van der Waals surface area contributed by atoms with Crippen molar-refractivity contribution in [1.29, 1.82) is 0 Å². The number of benzene rings is 1. The molecule has 1 aromatic carbocycles. The Balaban J connectivity index is 1.11. The molecule has 0 unspecified atom stereocenters. The van der Waals surface area contributed by atoms with Crippen LogP contribution in [-0.4, -0.2) is 96.2 Å². The molecule has 53 heavy (non-hydrogen) atoms. The lowest BCUT2D eigenvalue weighted by Crippen LogP contribution is -2.57. The molecule has 3 saturated carbocycles. The number of hydrogen-bond acceptors (Lipinski definition) is 10. The molecule has 4 atom stereocenters. The molecule has 1 saturated heterocycles. The highest BCUT2D eigenvalue weighted by atomic mass is 35.5. The second-order valence-corrected chi connectivity index (χ2v) is 18.1. The van der Waals surface area contributed by atoms with Crippen LogP contribution in [0, 0.1) is 5.92 Å². The summed E-state index contributed by atoms with van der Waals surface area (Å²) in [5.41, 5.74) is 0.675. The molecule has 0 bridgehead atoms. The van der Waals surface area contributed by atoms with E-state index < -0.39 is 44.9 Å². The van der Waals surface area contributed by atoms with Crippen molar-refractivity contribution in [3.63, 3.8) is 0 Å². The monoisotopic (exact) mass is 782 g/mol. The van der Waals surface area contributed by atoms with E-state index in [1.54, 1.807) is 18.0 Å². The lowest BCUT2D eigenvalue weighted by Gasteiger charge is -2.30. The Labute approximate surface area is 317 Å². The summed E-state index contributed by atoms with van der Waals surface area (Å²) in [7, 11) is -0.581. The van der Waals surface area contributed by atoms with Gasteiger partial charge in [0.15, 0.2) is 0 Å². The summed E-state index contributed by atoms with van der Waals surface area (Å²) in [4.78, 5) is 54.7. The van der Waals surface area contributed by atoms with E-state index in [1.165, 1.54) is 29.8 Å². The van der Waals surface area contributed by atoms with Crippen molar-refractivity contribution in [2.75, 3.05) is 27.2 Å². The van der Waals surface area contributed by atoms with Gasteiger partial charge in [0.05, 0.1) is 30.1 Å². The summed E-state index contributed by atoms with van der Waals surface area (Å²) >= 11 is 8.33. The van der Waals surface area contributed by atoms with E-state index in [1.807, 2.05) is 24.3 Å². The average Bonchev–Trinajstić information content (AvgIpc) is 3.99. The zero-order chi connectivity index (χ0) is 37.1. The van der Waals surface area contributed by atoms with Crippen molar-refractivity contribution in [2.45, 2.75) is 93.1 Å². The first-order chi connectivity index (χ1) is 25.5. The van der Waals surface area contributed by atoms with Crippen LogP contribution in [0.4, 0.5) is 4.79 Å². The lowest BCUT2D eigenvalue weighted by atomic mass is 9.83. The van der Waals surface area contributed by atoms with E-state index in [0.29, 0.717) is 58.4 Å². The molecule has 2 N–H and O–H groups in total. The molecule has 4 fully saturated rings. The average molecular weight is 783 g/mol. The Bertz CT molecular complexity index is 2100. The zero-order valence-electron chi connectivity index (χ0n) is 29.7. The van der Waals surface area contributed by atoms with E-state index >= 15 is 0 Å². The fourth-order valence-electron chi connectivity index (χ4n) is 7.55. The van der Waals surface area contributed by atoms with Crippen molar-refractivity contribution in [1.82, 2.24) is 29.8 Å². The number of sulfonamides is 1. The highest BCUT2D eigenvalue weighted by Crippen LogP contribution is 2.46. The van der Waals surface area contributed by atoms with Gasteiger partial charge in [0.2, 0.25) is 15.9 Å². The summed E-state index contributed by atoms with van der Waals surface area (Å²) in [5, 5.41) is 6.06. The highest BCUT2D eigenvalue weighted by Gasteiger charge is 2.62. The number of urea groups is 1. The molecule has 3 aromatic rings. The third-order valence-corrected chi connectivity index (χ3v) is 14.3. The fourth-order valence-corrected chi connectivity index (χ4v) is 10.1. The quantitative estimate of drug-likeness (QED) is 0.286. The van der Waals surface area contributed by atoms with E-state index in [2.05, 4.69) is 15.4 Å². The third kappa shape index (κ3) is 6.95. The number of amides is 4. The van der Waals surface area contributed by atoms with Gasteiger partial charge < -0.3 is 24.6 Å². The Morgan fingerprint density at radius 1 is 1.11 bits per heavy atom. The van der Waals surface area contributed by atoms with Crippen LogP contribution >= 0.6 is 22.9 Å². The van der Waals surface area contributed by atoms with Gasteiger partial charge in [0.25, 0.3) is 5.91 Å². The molecule has 13 nitrogen and oxygen atoms in total. The SMILES string of the molecule is COc1ccc2c(O[C@H]3C[C@H]4C(=O)N(C)CCCC/C=C\[C@@H]5C[C@@]5(C(=O)NS(=O)(=O)C5CC5)NC(=O)N4C3)cc(-c3nc(C4CCC4)cs3)nc2c1Cl. The zero-order valence-corrected chi connectivity index (χ0v) is 32.1. The molecular formula is C37H43ClN6O7S2. The van der Waals surface area contributed by atoms with Crippen molar-refractivity contribution >= 4 is 61.7 Å². The normalized spacial score (nSPS) is 27.3. The highest BCUT2D eigenvalue weighted by molar-refractivity contribution is 7.91. The number of likely N-dealkylation sites (N-methyl/N-ethyl adjacent to an activating group) is 1. The van der Waals surface area contributed by atoms with Crippen molar-refractivity contribution < 1.29 is 32.3 Å². The van der Waals surface area contributed by atoms with Crippen molar-refractivity contribution in [2.24, 2.45) is 5.92 Å². The summed E-state index contributed by atoms with van der Waals surface area (Å²) in [6.45, 7) is 0.565. The Morgan fingerprint density at radius 2 is 1.92 bits per heavy atom. The number of ether oxygens (including phenoxy) is 2. The maximum Gasteiger partial charge on any atom is 0.319 e. The van der Waals surface area contributed by atoms with Crippen LogP contribution in [0.1, 0.15) is 75.8 Å². The van der Waals surface area contributed by atoms with E-state index in [-0.39, 0.29) is 31.2 Å². The number of halogens is 1. The van der Waals surface area contributed by atoms with Crippen LogP contribution in [0.2, 0.25) is 5.02 Å². The van der Waals surface area contributed by atoms with E-state index in [9.17, 15) is 22.8 Å². The first-order valence-corrected chi connectivity index (χ1v) is 21.1. The predicted octanol–water partition coefficient (Wildman–Crippen LogP) is 5.38. The molecular weight excluding hydrogens is 740 g/mol. The third-order valence-electron chi connectivity index (χ3n) is 11.2. The topological polar surface area (TPSA) is 160 Å². The van der Waals surface area contributed by atoms with Crippen LogP contribution in [-0.2, 0) is 19.6 Å². The minimum Gasteiger partial charge on any atom is -0.495 e. The number of rotatable bonds is 8. The number of thiazole rings is 1. The number of fused-ring (bicyclic) bond motifs is 3. The molecule has 4 heterocycles. The van der Waals surface area contributed by atoms with Gasteiger partial charge in [-0.3, -0.25) is 14.3 Å². The molecule has 2 aromatic heterocycles. The molecule has 4 amide bonds. The number of allylic oxidation sites excluding steroid dienone is 1. The summed E-state index contributed by atoms with van der Waals surface area (Å²) in [6.07, 6.45) is 10.4. The van der Waals surface area contributed by atoms with Crippen LogP contribution in [0.25, 0.3) is 21.6 Å². The molecule has 3 aliphatic carbocycles. The number of hydrogen-bond donors (Lipinski definition) is 2. The molecule has 0 spiro atoms. The van der Waals surface area contributed by atoms with Crippen LogP contribution in [0.5, 0.6) is 11.5 Å². The molecule has 5 aliphatic rings. The van der Waals surface area contributed by atoms with Crippen LogP contribution in [0.3, 0.4) is 0 Å². The standard InChI is InChI=1S/C37H43ClN6O7S2/c1-43-15-6-4-3-5-10-22-18-37(22,35(46)42-53(48,49)24-11-12-24)41-36(47)44-19-23(16-28(44)34(43)45)51-30-17-26(33-40-27(20-52-33)21-8-7-9-21)39-32-25(30)13-14-29(50-2)31(32)38/h5,10,13-14,17,20-24,28H,3-4,6-9,11-12,15-16,18-19H2,1-2H3,(H,41,47)(H,42,46)/b10-5-/t22-,23+,28+,37-/m1/s1. The lowest BCUT2D eigenvalue weighted by molar-refractivity contribution is -0.134. The van der Waals surface area contributed by atoms with Gasteiger partial charge in [-0.05, 0) is 63.5 Å². The first kappa shape index (κ1) is 36.0. The summed E-state index contributed by atoms with van der Waals surface area (Å²) < 4.78 is 40.0. The molecule has 0 radical (unpaired) electrons. The Kier molecular flexibility index (Phi) is 9.55. The van der Waals surface area contributed by atoms with Crippen molar-refractivity contribution in [3.05, 3.63) is 46.4 Å². The second kappa shape index (κ2) is 14.0. The number of carbonyl (C=O) groups is 3. The maximum absolute atomic E-state index is 14.2. The minimum atomic E-state index is -3.85. The van der Waals surface area contributed by atoms with Gasteiger partial charge in [-0.25, -0.2) is 23.2 Å². The number of carbonyl (C=O) groups excluding carboxylic acids is 3. The number of methoxy groups -OCH3 is 1. The summed E-state index contributed by atoms with van der Waals surface area (Å²) in [6, 6.07) is 3.89. The molecule has 16 heteroatoms. The largest absolute Gasteiger partial charge is 0.495 e. The molecule has 2 aliphatic heterocycles. The first-order valence-electron chi connectivity index (χ1n) is 18.3. The van der Waals surface area contributed by atoms with E-state index in [4.69, 9.17) is 31.0 Å². The van der Waals surface area contributed by atoms with Gasteiger partial charge in [-0.2, -0.15) is 0 Å². The van der Waals surface area contributed by atoms with Gasteiger partial charge in [0, 0.05) is 48.7 Å². The van der Waals surface area contributed by atoms with Gasteiger partial charge in [-0.15, -0.1) is 11.3 Å². The Morgan fingerprint density at radius 3 is 2.66 bits per heavy atom. The second-order valence-electron chi connectivity index (χ2n) is 14.9. The smallest absolute Gasteiger partial charge is 0.319 e.